The summed E-state index contributed by atoms with van der Waals surface area (Å²) in [4.78, 5) is 34.0. The third kappa shape index (κ3) is 8.27. The fourth-order valence-electron chi connectivity index (χ4n) is 4.23. The van der Waals surface area contributed by atoms with Gasteiger partial charge in [0.15, 0.2) is 5.75 Å². The SMILES string of the molecule is CC(C)(C)OC(=O)NCCOc1c(C(=O)N[C@H](CN)Cc2cccc(C(F)(F)F)c2)sc(-c2ccnc3[nH]ccc23)c1Br. The highest BCUT2D eigenvalue weighted by Gasteiger charge is 2.31. The molecule has 43 heavy (non-hydrogen) atoms. The predicted octanol–water partition coefficient (Wildman–Crippen LogP) is 6.28. The minimum atomic E-state index is -4.49. The Hall–Kier alpha value is -3.62. The van der Waals surface area contributed by atoms with Crippen LogP contribution in [0, 0.1) is 0 Å². The molecule has 4 rings (SSSR count). The quantitative estimate of drug-likeness (QED) is 0.146. The number of nitrogens with two attached hydrogens (primary N) is 1. The van der Waals surface area contributed by atoms with Gasteiger partial charge in [-0.05, 0) is 66.9 Å². The Morgan fingerprint density at radius 3 is 2.65 bits per heavy atom. The summed E-state index contributed by atoms with van der Waals surface area (Å²) in [5, 5.41) is 6.29. The predicted molar refractivity (Wildman–Crippen MR) is 162 cm³/mol. The van der Waals surface area contributed by atoms with E-state index in [-0.39, 0.29) is 36.7 Å². The molecule has 230 valence electrons. The van der Waals surface area contributed by atoms with Crippen molar-refractivity contribution in [1.29, 1.82) is 0 Å². The summed E-state index contributed by atoms with van der Waals surface area (Å²) < 4.78 is 51.4. The van der Waals surface area contributed by atoms with Gasteiger partial charge in [0, 0.05) is 35.9 Å². The average molecular weight is 683 g/mol. The molecule has 0 aliphatic heterocycles. The Bertz CT molecular complexity index is 1600. The maximum Gasteiger partial charge on any atom is 0.416 e. The van der Waals surface area contributed by atoms with Crippen LogP contribution in [0.4, 0.5) is 18.0 Å². The van der Waals surface area contributed by atoms with E-state index in [0.717, 1.165) is 23.1 Å². The van der Waals surface area contributed by atoms with Gasteiger partial charge in [0.25, 0.3) is 5.91 Å². The summed E-state index contributed by atoms with van der Waals surface area (Å²) in [7, 11) is 0. The van der Waals surface area contributed by atoms with Crippen molar-refractivity contribution in [1.82, 2.24) is 20.6 Å². The van der Waals surface area contributed by atoms with Crippen LogP contribution in [-0.4, -0.2) is 53.3 Å². The van der Waals surface area contributed by atoms with Crippen molar-refractivity contribution in [2.75, 3.05) is 19.7 Å². The zero-order valence-electron chi connectivity index (χ0n) is 23.6. The standard InChI is InChI=1S/C29H31BrF3N5O4S/c1-28(2,3)42-27(40)37-11-12-41-22-21(30)23(19-7-9-35-25-20(19)8-10-36-25)43-24(22)26(39)38-18(15-34)14-16-5-4-6-17(13-16)29(31,32)33/h4-10,13,18H,11-12,14-15,34H2,1-3H3,(H,35,36)(H,37,40)(H,38,39)/t18-/m0/s1. The number of hydrogen-bond acceptors (Lipinski definition) is 7. The fraction of sp³-hybridized carbons (Fsp3) is 0.345. The van der Waals surface area contributed by atoms with Crippen molar-refractivity contribution >= 4 is 50.3 Å². The van der Waals surface area contributed by atoms with Crippen LogP contribution < -0.4 is 21.1 Å². The molecule has 2 amide bonds. The van der Waals surface area contributed by atoms with Gasteiger partial charge < -0.3 is 30.8 Å². The van der Waals surface area contributed by atoms with Crippen LogP contribution in [0.15, 0.2) is 53.3 Å². The molecule has 0 saturated carbocycles. The first-order chi connectivity index (χ1) is 20.3. The lowest BCUT2D eigenvalue weighted by molar-refractivity contribution is -0.137. The number of benzene rings is 1. The van der Waals surface area contributed by atoms with E-state index in [2.05, 4.69) is 36.5 Å². The topological polar surface area (TPSA) is 131 Å². The number of hydrogen-bond donors (Lipinski definition) is 4. The van der Waals surface area contributed by atoms with E-state index in [0.29, 0.717) is 20.6 Å². The number of rotatable bonds is 10. The number of ether oxygens (including phenoxy) is 2. The van der Waals surface area contributed by atoms with Gasteiger partial charge in [-0.3, -0.25) is 4.79 Å². The third-order valence-electron chi connectivity index (χ3n) is 6.09. The van der Waals surface area contributed by atoms with Crippen molar-refractivity contribution in [3.05, 3.63) is 69.3 Å². The van der Waals surface area contributed by atoms with Crippen LogP contribution in [0.3, 0.4) is 0 Å². The molecule has 3 aromatic heterocycles. The first-order valence-electron chi connectivity index (χ1n) is 13.3. The van der Waals surface area contributed by atoms with Crippen molar-refractivity contribution in [2.24, 2.45) is 5.73 Å². The van der Waals surface area contributed by atoms with Crippen LogP contribution in [0.25, 0.3) is 21.5 Å². The summed E-state index contributed by atoms with van der Waals surface area (Å²) >= 11 is 4.77. The Morgan fingerprint density at radius 2 is 1.95 bits per heavy atom. The molecule has 0 unspecified atom stereocenters. The highest BCUT2D eigenvalue weighted by Crippen LogP contribution is 2.47. The average Bonchev–Trinajstić information content (AvgIpc) is 3.54. The van der Waals surface area contributed by atoms with Gasteiger partial charge in [-0.1, -0.05) is 18.2 Å². The number of aromatic nitrogens is 2. The number of H-pyrrole nitrogens is 1. The normalized spacial score (nSPS) is 12.7. The smallest absolute Gasteiger partial charge is 0.416 e. The number of thiophene rings is 1. The van der Waals surface area contributed by atoms with Gasteiger partial charge in [0.2, 0.25) is 0 Å². The number of alkyl halides is 3. The maximum absolute atomic E-state index is 13.6. The maximum atomic E-state index is 13.6. The first kappa shape index (κ1) is 32.3. The highest BCUT2D eigenvalue weighted by molar-refractivity contribution is 9.10. The van der Waals surface area contributed by atoms with E-state index < -0.39 is 35.4 Å². The second-order valence-corrected chi connectivity index (χ2v) is 12.4. The fourth-order valence-corrected chi connectivity index (χ4v) is 6.21. The first-order valence-corrected chi connectivity index (χ1v) is 14.9. The molecular formula is C29H31BrF3N5O4S. The zero-order chi connectivity index (χ0) is 31.4. The molecule has 3 heterocycles. The molecule has 1 atom stereocenters. The molecule has 4 aromatic rings. The largest absolute Gasteiger partial charge is 0.489 e. The van der Waals surface area contributed by atoms with Crippen LogP contribution in [0.5, 0.6) is 5.75 Å². The summed E-state index contributed by atoms with van der Waals surface area (Å²) in [5.41, 5.74) is 6.33. The second-order valence-electron chi connectivity index (χ2n) is 10.6. The van der Waals surface area contributed by atoms with E-state index in [1.54, 1.807) is 39.2 Å². The molecular weight excluding hydrogens is 651 g/mol. The Kier molecular flexibility index (Phi) is 10.0. The lowest BCUT2D eigenvalue weighted by Crippen LogP contribution is -2.41. The highest BCUT2D eigenvalue weighted by atomic mass is 79.9. The van der Waals surface area contributed by atoms with Gasteiger partial charge in [0.1, 0.15) is 22.7 Å². The summed E-state index contributed by atoms with van der Waals surface area (Å²) in [5.74, 6) is -0.257. The van der Waals surface area contributed by atoms with Gasteiger partial charge in [-0.25, -0.2) is 9.78 Å². The molecule has 0 bridgehead atoms. The van der Waals surface area contributed by atoms with Gasteiger partial charge in [-0.2, -0.15) is 13.2 Å². The van der Waals surface area contributed by atoms with Crippen LogP contribution in [0.1, 0.15) is 41.6 Å². The molecule has 0 aliphatic carbocycles. The zero-order valence-corrected chi connectivity index (χ0v) is 26.0. The minimum absolute atomic E-state index is 0.00822. The number of amides is 2. The van der Waals surface area contributed by atoms with Crippen molar-refractivity contribution in [3.8, 4) is 16.2 Å². The van der Waals surface area contributed by atoms with Gasteiger partial charge in [-0.15, -0.1) is 11.3 Å². The molecule has 5 N–H and O–H groups in total. The molecule has 9 nitrogen and oxygen atoms in total. The number of aromatic amines is 1. The molecule has 1 aromatic carbocycles. The second kappa shape index (κ2) is 13.3. The Morgan fingerprint density at radius 1 is 1.19 bits per heavy atom. The lowest BCUT2D eigenvalue weighted by Gasteiger charge is -2.20. The monoisotopic (exact) mass is 681 g/mol. The van der Waals surface area contributed by atoms with Crippen molar-refractivity contribution in [2.45, 2.75) is 45.0 Å². The molecule has 0 spiro atoms. The van der Waals surface area contributed by atoms with Crippen LogP contribution in [0.2, 0.25) is 0 Å². The number of nitrogens with zero attached hydrogens (tertiary/aromatic N) is 1. The number of nitrogens with one attached hydrogen (secondary N) is 3. The summed E-state index contributed by atoms with van der Waals surface area (Å²) in [6, 6.07) is 7.95. The number of fused-ring (bicyclic) bond motifs is 1. The van der Waals surface area contributed by atoms with Crippen LogP contribution >= 0.6 is 27.3 Å². The number of pyridine rings is 1. The molecule has 14 heteroatoms. The Balaban J connectivity index is 1.58. The number of carbonyl (C=O) groups excluding carboxylic acids is 2. The number of halogens is 4. The van der Waals surface area contributed by atoms with E-state index in [9.17, 15) is 22.8 Å². The van der Waals surface area contributed by atoms with E-state index in [1.807, 2.05) is 12.1 Å². The number of alkyl carbamates (subject to hydrolysis) is 1. The number of carbonyl (C=O) groups is 2. The summed E-state index contributed by atoms with van der Waals surface area (Å²) in [6.07, 6.45) is -1.60. The Labute approximate surface area is 258 Å². The molecule has 0 saturated heterocycles. The van der Waals surface area contributed by atoms with E-state index >= 15 is 0 Å². The lowest BCUT2D eigenvalue weighted by atomic mass is 10.0. The van der Waals surface area contributed by atoms with Crippen molar-refractivity contribution < 1.29 is 32.2 Å². The van der Waals surface area contributed by atoms with E-state index in [1.165, 1.54) is 17.4 Å². The van der Waals surface area contributed by atoms with E-state index in [4.69, 9.17) is 15.2 Å². The van der Waals surface area contributed by atoms with Crippen molar-refractivity contribution in [3.63, 3.8) is 0 Å². The van der Waals surface area contributed by atoms with Gasteiger partial charge in [0.05, 0.1) is 21.5 Å². The van der Waals surface area contributed by atoms with Gasteiger partial charge >= 0.3 is 12.3 Å². The third-order valence-corrected chi connectivity index (χ3v) is 8.32. The molecule has 0 fully saturated rings. The van der Waals surface area contributed by atoms with Crippen LogP contribution in [-0.2, 0) is 17.3 Å². The molecule has 0 aliphatic rings. The summed E-state index contributed by atoms with van der Waals surface area (Å²) in [6.45, 7) is 5.37. The minimum Gasteiger partial charge on any atom is -0.489 e. The molecule has 0 radical (unpaired) electrons.